The second-order valence-electron chi connectivity index (χ2n) is 8.93. The maximum Gasteiger partial charge on any atom is 0.0174 e. The summed E-state index contributed by atoms with van der Waals surface area (Å²) in [6.45, 7) is 22.4. The molecule has 0 aliphatic rings. The molecule has 2 nitrogen and oxygen atoms in total. The lowest BCUT2D eigenvalue weighted by atomic mass is 9.76. The lowest BCUT2D eigenvalue weighted by Gasteiger charge is -2.33. The summed E-state index contributed by atoms with van der Waals surface area (Å²) in [6, 6.07) is 0.626. The normalized spacial score (nSPS) is 13.5. The van der Waals surface area contributed by atoms with Crippen LogP contribution < -0.4 is 10.6 Å². The lowest BCUT2D eigenvalue weighted by molar-refractivity contribution is 0.201. The van der Waals surface area contributed by atoms with Gasteiger partial charge in [-0.3, -0.25) is 0 Å². The molecule has 0 heterocycles. The van der Waals surface area contributed by atoms with Crippen molar-refractivity contribution < 1.29 is 0 Å². The van der Waals surface area contributed by atoms with Gasteiger partial charge in [0.15, 0.2) is 0 Å². The zero-order chi connectivity index (χ0) is 18.6. The number of unbranched alkanes of at least 4 members (excludes halogenated alkanes) is 5. The summed E-state index contributed by atoms with van der Waals surface area (Å²) in [5.41, 5.74) is 1.58. The van der Waals surface area contributed by atoms with Gasteiger partial charge in [-0.05, 0) is 36.6 Å². The highest BCUT2D eigenvalue weighted by Gasteiger charge is 2.25. The molecule has 0 rings (SSSR count). The molecular formula is C22H46N2. The predicted octanol–water partition coefficient (Wildman–Crippen LogP) is 6.14. The van der Waals surface area contributed by atoms with Crippen LogP contribution in [0.25, 0.3) is 0 Å². The van der Waals surface area contributed by atoms with Crippen LogP contribution in [0.2, 0.25) is 0 Å². The fourth-order valence-electron chi connectivity index (χ4n) is 2.81. The molecule has 2 heteroatoms. The van der Waals surface area contributed by atoms with Crippen LogP contribution in [0.4, 0.5) is 0 Å². The van der Waals surface area contributed by atoms with E-state index in [2.05, 4.69) is 65.7 Å². The Morgan fingerprint density at radius 3 is 1.96 bits per heavy atom. The van der Waals surface area contributed by atoms with Crippen molar-refractivity contribution >= 4 is 0 Å². The van der Waals surface area contributed by atoms with Crippen molar-refractivity contribution in [3.63, 3.8) is 0 Å². The van der Waals surface area contributed by atoms with E-state index < -0.39 is 0 Å². The smallest absolute Gasteiger partial charge is 0.0174 e. The van der Waals surface area contributed by atoms with E-state index in [-0.39, 0.29) is 0 Å². The van der Waals surface area contributed by atoms with Gasteiger partial charge in [-0.1, -0.05) is 87.1 Å². The maximum atomic E-state index is 4.12. The summed E-state index contributed by atoms with van der Waals surface area (Å²) in [6.07, 6.45) is 9.58. The second kappa shape index (κ2) is 12.8. The molecule has 0 saturated carbocycles. The van der Waals surface area contributed by atoms with Crippen LogP contribution in [0, 0.1) is 17.3 Å². The van der Waals surface area contributed by atoms with Crippen LogP contribution in [0.3, 0.4) is 0 Å². The topological polar surface area (TPSA) is 24.1 Å². The molecule has 0 saturated heterocycles. The van der Waals surface area contributed by atoms with Crippen molar-refractivity contribution in [2.75, 3.05) is 13.1 Å². The molecule has 24 heavy (non-hydrogen) atoms. The first-order valence-corrected chi connectivity index (χ1v) is 10.3. The van der Waals surface area contributed by atoms with Gasteiger partial charge in [0.25, 0.3) is 0 Å². The highest BCUT2D eigenvalue weighted by Crippen LogP contribution is 2.32. The Morgan fingerprint density at radius 2 is 1.42 bits per heavy atom. The zero-order valence-corrected chi connectivity index (χ0v) is 17.8. The minimum absolute atomic E-state index is 0.408. The maximum absolute atomic E-state index is 4.12. The number of hydrogen-bond acceptors (Lipinski definition) is 2. The fourth-order valence-corrected chi connectivity index (χ4v) is 2.81. The summed E-state index contributed by atoms with van der Waals surface area (Å²) in [5.74, 6) is 1.20. The summed E-state index contributed by atoms with van der Waals surface area (Å²) in [5, 5.41) is 7.02. The first kappa shape index (κ1) is 23.5. The third-order valence-corrected chi connectivity index (χ3v) is 5.47. The van der Waals surface area contributed by atoms with Gasteiger partial charge in [0.1, 0.15) is 0 Å². The van der Waals surface area contributed by atoms with Crippen molar-refractivity contribution in [3.8, 4) is 0 Å². The third-order valence-electron chi connectivity index (χ3n) is 5.47. The van der Waals surface area contributed by atoms with Gasteiger partial charge >= 0.3 is 0 Å². The Balaban J connectivity index is 3.70. The monoisotopic (exact) mass is 338 g/mol. The van der Waals surface area contributed by atoms with E-state index in [9.17, 15) is 0 Å². The molecule has 0 radical (unpaired) electrons. The minimum Gasteiger partial charge on any atom is -0.388 e. The van der Waals surface area contributed by atoms with E-state index >= 15 is 0 Å². The Bertz CT molecular complexity index is 318. The molecule has 0 aromatic heterocycles. The van der Waals surface area contributed by atoms with Gasteiger partial charge in [0.05, 0.1) is 0 Å². The summed E-state index contributed by atoms with van der Waals surface area (Å²) in [7, 11) is 0. The molecular weight excluding hydrogens is 292 g/mol. The third kappa shape index (κ3) is 11.9. The van der Waals surface area contributed by atoms with Gasteiger partial charge in [-0.2, -0.15) is 0 Å². The fraction of sp³-hybridized carbons (Fsp3) is 0.909. The standard InChI is InChI=1S/C22H46N2/c1-18(2)21(6)24-17-20(5)22(7,8)15-13-11-9-10-12-14-16-23-19(3)4/h18-20,23-24H,6,9-17H2,1-5,7-8H3. The number of hydrogen-bond donors (Lipinski definition) is 2. The van der Waals surface area contributed by atoms with Gasteiger partial charge in [-0.25, -0.2) is 0 Å². The molecule has 0 fully saturated rings. The van der Waals surface area contributed by atoms with E-state index in [1.807, 2.05) is 0 Å². The Hall–Kier alpha value is -0.500. The lowest BCUT2D eigenvalue weighted by Crippen LogP contribution is -2.32. The van der Waals surface area contributed by atoms with Crippen LogP contribution in [-0.4, -0.2) is 19.1 Å². The average molecular weight is 339 g/mol. The van der Waals surface area contributed by atoms with Crippen molar-refractivity contribution in [3.05, 3.63) is 12.3 Å². The van der Waals surface area contributed by atoms with Gasteiger partial charge in [-0.15, -0.1) is 0 Å². The summed E-state index contributed by atoms with van der Waals surface area (Å²) >= 11 is 0. The molecule has 0 aliphatic heterocycles. The van der Waals surface area contributed by atoms with Crippen molar-refractivity contribution in [2.45, 2.75) is 99.5 Å². The first-order valence-electron chi connectivity index (χ1n) is 10.3. The molecule has 0 amide bonds. The molecule has 2 N–H and O–H groups in total. The van der Waals surface area contributed by atoms with E-state index in [0.29, 0.717) is 23.3 Å². The molecule has 0 aromatic carbocycles. The Labute approximate surface area is 153 Å². The van der Waals surface area contributed by atoms with Crippen LogP contribution in [0.5, 0.6) is 0 Å². The average Bonchev–Trinajstić information content (AvgIpc) is 2.49. The van der Waals surface area contributed by atoms with Gasteiger partial charge in [0.2, 0.25) is 0 Å². The minimum atomic E-state index is 0.408. The zero-order valence-electron chi connectivity index (χ0n) is 17.8. The second-order valence-corrected chi connectivity index (χ2v) is 8.93. The molecule has 0 aromatic rings. The summed E-state index contributed by atoms with van der Waals surface area (Å²) < 4.78 is 0. The molecule has 0 spiro atoms. The van der Waals surface area contributed by atoms with Crippen molar-refractivity contribution in [1.82, 2.24) is 10.6 Å². The van der Waals surface area contributed by atoms with Crippen LogP contribution in [0.15, 0.2) is 12.3 Å². The van der Waals surface area contributed by atoms with E-state index in [0.717, 1.165) is 6.54 Å². The van der Waals surface area contributed by atoms with Crippen LogP contribution >= 0.6 is 0 Å². The molecule has 144 valence electrons. The molecule has 0 aliphatic carbocycles. The Kier molecular flexibility index (Phi) is 12.5. The molecule has 1 unspecified atom stereocenters. The SMILES string of the molecule is C=C(NCC(C)C(C)(C)CCCCCCCCNC(C)C)C(C)C. The quantitative estimate of drug-likeness (QED) is 0.351. The number of rotatable bonds is 15. The molecule has 0 bridgehead atoms. The predicted molar refractivity (Wildman–Crippen MR) is 110 cm³/mol. The highest BCUT2D eigenvalue weighted by atomic mass is 14.9. The first-order chi connectivity index (χ1) is 11.2. The van der Waals surface area contributed by atoms with E-state index in [1.165, 1.54) is 57.2 Å². The van der Waals surface area contributed by atoms with Crippen molar-refractivity contribution in [1.29, 1.82) is 0 Å². The number of nitrogens with one attached hydrogen (secondary N) is 2. The van der Waals surface area contributed by atoms with Crippen molar-refractivity contribution in [2.24, 2.45) is 17.3 Å². The highest BCUT2D eigenvalue weighted by molar-refractivity contribution is 4.95. The molecule has 1 atom stereocenters. The van der Waals surface area contributed by atoms with Gasteiger partial charge < -0.3 is 10.6 Å². The number of allylic oxidation sites excluding steroid dienone is 1. The van der Waals surface area contributed by atoms with E-state index in [1.54, 1.807) is 0 Å². The van der Waals surface area contributed by atoms with Gasteiger partial charge in [0, 0.05) is 18.3 Å². The largest absolute Gasteiger partial charge is 0.388 e. The van der Waals surface area contributed by atoms with Crippen LogP contribution in [0.1, 0.15) is 93.4 Å². The van der Waals surface area contributed by atoms with E-state index in [4.69, 9.17) is 0 Å². The van der Waals surface area contributed by atoms with Crippen LogP contribution in [-0.2, 0) is 0 Å². The Morgan fingerprint density at radius 1 is 0.875 bits per heavy atom. The summed E-state index contributed by atoms with van der Waals surface area (Å²) in [4.78, 5) is 0.